The smallest absolute Gasteiger partial charge is 0.00346 e. The Balaban J connectivity index is 2.15. The van der Waals surface area contributed by atoms with Crippen molar-refractivity contribution in [2.75, 3.05) is 11.5 Å². The monoisotopic (exact) mass is 334 g/mol. The minimum atomic E-state index is 0.930. The van der Waals surface area contributed by atoms with Crippen molar-refractivity contribution in [1.82, 2.24) is 0 Å². The molecule has 19 heavy (non-hydrogen) atoms. The van der Waals surface area contributed by atoms with Crippen molar-refractivity contribution in [2.24, 2.45) is 0 Å². The Labute approximate surface area is 126 Å². The van der Waals surface area contributed by atoms with Gasteiger partial charge < -0.3 is 0 Å². The lowest BCUT2D eigenvalue weighted by molar-refractivity contribution is 1.13. The largest absolute Gasteiger partial charge is 0.0928 e. The van der Waals surface area contributed by atoms with Gasteiger partial charge in [-0.3, -0.25) is 0 Å². The molecule has 0 bridgehead atoms. The fourth-order valence-electron chi connectivity index (χ4n) is 2.11. The van der Waals surface area contributed by atoms with Gasteiger partial charge in [-0.2, -0.15) is 0 Å². The second kappa shape index (κ2) is 7.22. The van der Waals surface area contributed by atoms with Crippen LogP contribution in [0.1, 0.15) is 17.5 Å². The topological polar surface area (TPSA) is 0 Å². The normalized spacial score (nSPS) is 11.3. The molecule has 0 spiro atoms. The standard InChI is InChI=1S/C17H20BrP/c1-13-4-5-14(2)17(12-13)15-6-8-16(9-7-15)19-11-3-10-18/h4-9,12,19H,3,10-11H2,1-2H3. The van der Waals surface area contributed by atoms with Gasteiger partial charge in [-0.25, -0.2) is 0 Å². The number of aryl methyl sites for hydroxylation is 2. The second-order valence-corrected chi connectivity index (χ2v) is 7.09. The summed E-state index contributed by atoms with van der Waals surface area (Å²) in [6.45, 7) is 4.33. The third kappa shape index (κ3) is 4.16. The molecular formula is C17H20BrP. The zero-order valence-corrected chi connectivity index (χ0v) is 14.1. The highest BCUT2D eigenvalue weighted by Gasteiger charge is 2.02. The number of alkyl halides is 1. The Kier molecular flexibility index (Phi) is 5.60. The van der Waals surface area contributed by atoms with Crippen LogP contribution < -0.4 is 5.30 Å². The van der Waals surface area contributed by atoms with Crippen molar-refractivity contribution in [2.45, 2.75) is 20.3 Å². The van der Waals surface area contributed by atoms with E-state index in [1.807, 2.05) is 0 Å². The van der Waals surface area contributed by atoms with Crippen LogP contribution in [0.15, 0.2) is 42.5 Å². The molecule has 2 heteroatoms. The lowest BCUT2D eigenvalue weighted by Gasteiger charge is -2.08. The number of benzene rings is 2. The van der Waals surface area contributed by atoms with Gasteiger partial charge in [-0.1, -0.05) is 72.5 Å². The van der Waals surface area contributed by atoms with E-state index in [4.69, 9.17) is 0 Å². The molecule has 0 N–H and O–H groups in total. The maximum Gasteiger partial charge on any atom is 0.00346 e. The summed E-state index contributed by atoms with van der Waals surface area (Å²) in [5.41, 5.74) is 5.36. The van der Waals surface area contributed by atoms with E-state index < -0.39 is 0 Å². The summed E-state index contributed by atoms with van der Waals surface area (Å²) in [4.78, 5) is 0. The van der Waals surface area contributed by atoms with Crippen molar-refractivity contribution in [1.29, 1.82) is 0 Å². The molecule has 2 aromatic carbocycles. The first-order valence-corrected chi connectivity index (χ1v) is 9.01. The first-order valence-electron chi connectivity index (χ1n) is 6.68. The summed E-state index contributed by atoms with van der Waals surface area (Å²) >= 11 is 3.48. The second-order valence-electron chi connectivity index (χ2n) is 4.87. The summed E-state index contributed by atoms with van der Waals surface area (Å²) in [6.07, 6.45) is 2.55. The molecule has 1 unspecified atom stereocenters. The van der Waals surface area contributed by atoms with Gasteiger partial charge >= 0.3 is 0 Å². The zero-order chi connectivity index (χ0) is 13.7. The molecule has 100 valence electrons. The zero-order valence-electron chi connectivity index (χ0n) is 11.5. The summed E-state index contributed by atoms with van der Waals surface area (Å²) in [5, 5.41) is 2.58. The molecule has 0 saturated carbocycles. The number of rotatable bonds is 5. The van der Waals surface area contributed by atoms with Gasteiger partial charge in [-0.15, -0.1) is 0 Å². The molecule has 0 saturated heterocycles. The minimum absolute atomic E-state index is 0.930. The Morgan fingerprint density at radius 3 is 2.42 bits per heavy atom. The van der Waals surface area contributed by atoms with Crippen molar-refractivity contribution >= 4 is 29.8 Å². The Morgan fingerprint density at radius 2 is 1.74 bits per heavy atom. The summed E-state index contributed by atoms with van der Waals surface area (Å²) in [7, 11) is 0.930. The molecule has 0 fully saturated rings. The molecule has 0 heterocycles. The molecule has 0 radical (unpaired) electrons. The molecule has 2 aromatic rings. The van der Waals surface area contributed by atoms with Gasteiger partial charge in [0.25, 0.3) is 0 Å². The lowest BCUT2D eigenvalue weighted by Crippen LogP contribution is -1.95. The first kappa shape index (κ1) is 14.8. The van der Waals surface area contributed by atoms with E-state index in [0.717, 1.165) is 13.9 Å². The third-order valence-electron chi connectivity index (χ3n) is 3.23. The van der Waals surface area contributed by atoms with Crippen LogP contribution in [0, 0.1) is 13.8 Å². The number of hydrogen-bond acceptors (Lipinski definition) is 0. The van der Waals surface area contributed by atoms with Crippen LogP contribution in [0.25, 0.3) is 11.1 Å². The molecule has 0 nitrogen and oxygen atoms in total. The lowest BCUT2D eigenvalue weighted by atomic mass is 9.99. The predicted molar refractivity (Wildman–Crippen MR) is 92.6 cm³/mol. The fourth-order valence-corrected chi connectivity index (χ4v) is 3.96. The highest BCUT2D eigenvalue weighted by Crippen LogP contribution is 2.25. The van der Waals surface area contributed by atoms with E-state index >= 15 is 0 Å². The van der Waals surface area contributed by atoms with E-state index in [9.17, 15) is 0 Å². The molecule has 0 aliphatic heterocycles. The van der Waals surface area contributed by atoms with Crippen LogP contribution in [-0.2, 0) is 0 Å². The minimum Gasteiger partial charge on any atom is -0.0928 e. The van der Waals surface area contributed by atoms with Gasteiger partial charge in [-0.05, 0) is 48.4 Å². The van der Waals surface area contributed by atoms with Crippen molar-refractivity contribution in [3.63, 3.8) is 0 Å². The van der Waals surface area contributed by atoms with E-state index in [1.54, 1.807) is 0 Å². The maximum absolute atomic E-state index is 3.48. The summed E-state index contributed by atoms with van der Waals surface area (Å²) in [6, 6.07) is 15.7. The van der Waals surface area contributed by atoms with Gasteiger partial charge in [0, 0.05) is 5.33 Å². The van der Waals surface area contributed by atoms with Crippen molar-refractivity contribution < 1.29 is 0 Å². The third-order valence-corrected chi connectivity index (χ3v) is 5.13. The van der Waals surface area contributed by atoms with Crippen LogP contribution >= 0.6 is 24.5 Å². The molecular weight excluding hydrogens is 315 g/mol. The predicted octanol–water partition coefficient (Wildman–Crippen LogP) is 5.06. The molecule has 0 amide bonds. The molecule has 0 aliphatic rings. The highest BCUT2D eigenvalue weighted by atomic mass is 79.9. The van der Waals surface area contributed by atoms with E-state index in [0.29, 0.717) is 0 Å². The van der Waals surface area contributed by atoms with E-state index in [-0.39, 0.29) is 0 Å². The Morgan fingerprint density at radius 1 is 1.00 bits per heavy atom. The van der Waals surface area contributed by atoms with Gasteiger partial charge in [0.1, 0.15) is 0 Å². The maximum atomic E-state index is 3.48. The highest BCUT2D eigenvalue weighted by molar-refractivity contribution is 9.09. The SMILES string of the molecule is Cc1ccc(C)c(-c2ccc(PCCCBr)cc2)c1. The van der Waals surface area contributed by atoms with Gasteiger partial charge in [0.2, 0.25) is 0 Å². The van der Waals surface area contributed by atoms with Crippen LogP contribution in [0.4, 0.5) is 0 Å². The number of hydrogen-bond donors (Lipinski definition) is 0. The quantitative estimate of drug-likeness (QED) is 0.407. The molecule has 0 aromatic heterocycles. The molecule has 1 atom stereocenters. The summed E-state index contributed by atoms with van der Waals surface area (Å²) < 4.78 is 0. The van der Waals surface area contributed by atoms with Crippen LogP contribution in [0.5, 0.6) is 0 Å². The Hall–Kier alpha value is -0.650. The first-order chi connectivity index (χ1) is 9.20. The van der Waals surface area contributed by atoms with Gasteiger partial charge in [0.05, 0.1) is 0 Å². The average Bonchev–Trinajstić information content (AvgIpc) is 2.43. The van der Waals surface area contributed by atoms with Crippen molar-refractivity contribution in [3.8, 4) is 11.1 Å². The molecule has 2 rings (SSSR count). The van der Waals surface area contributed by atoms with Crippen LogP contribution in [-0.4, -0.2) is 11.5 Å². The van der Waals surface area contributed by atoms with E-state index in [1.165, 1.54) is 40.1 Å². The van der Waals surface area contributed by atoms with Gasteiger partial charge in [0.15, 0.2) is 0 Å². The number of halogens is 1. The van der Waals surface area contributed by atoms with E-state index in [2.05, 4.69) is 72.2 Å². The van der Waals surface area contributed by atoms with Crippen LogP contribution in [0.2, 0.25) is 0 Å². The molecule has 0 aliphatic carbocycles. The van der Waals surface area contributed by atoms with Crippen molar-refractivity contribution in [3.05, 3.63) is 53.6 Å². The van der Waals surface area contributed by atoms with Crippen LogP contribution in [0.3, 0.4) is 0 Å². The Bertz CT molecular complexity index is 531. The summed E-state index contributed by atoms with van der Waals surface area (Å²) in [5.74, 6) is 0. The average molecular weight is 335 g/mol. The fraction of sp³-hybridized carbons (Fsp3) is 0.294.